The monoisotopic (exact) mass is 413 g/mol. The van der Waals surface area contributed by atoms with Gasteiger partial charge >= 0.3 is 0 Å². The van der Waals surface area contributed by atoms with Gasteiger partial charge in [-0.2, -0.15) is 0 Å². The number of piperidine rings is 1. The van der Waals surface area contributed by atoms with Crippen molar-refractivity contribution in [3.63, 3.8) is 0 Å². The minimum absolute atomic E-state index is 0. The zero-order valence-electron chi connectivity index (χ0n) is 16.6. The van der Waals surface area contributed by atoms with Crippen LogP contribution < -0.4 is 5.32 Å². The van der Waals surface area contributed by atoms with Crippen LogP contribution >= 0.6 is 12.4 Å². The number of aryl methyl sites for hydroxylation is 1. The van der Waals surface area contributed by atoms with Crippen LogP contribution in [0.25, 0.3) is 0 Å². The van der Waals surface area contributed by atoms with Crippen LogP contribution in [0.15, 0.2) is 24.3 Å². The van der Waals surface area contributed by atoms with E-state index in [2.05, 4.69) is 49.2 Å². The van der Waals surface area contributed by atoms with E-state index in [1.165, 1.54) is 11.1 Å². The van der Waals surface area contributed by atoms with Gasteiger partial charge in [0, 0.05) is 43.4 Å². The van der Waals surface area contributed by atoms with Crippen molar-refractivity contribution >= 4 is 18.3 Å². The van der Waals surface area contributed by atoms with Crippen LogP contribution in [0.4, 0.5) is 0 Å². The van der Waals surface area contributed by atoms with Gasteiger partial charge in [0.2, 0.25) is 5.91 Å². The molecule has 4 aliphatic rings. The first-order chi connectivity index (χ1) is 13.8. The van der Waals surface area contributed by atoms with Crippen molar-refractivity contribution in [1.29, 1.82) is 0 Å². The summed E-state index contributed by atoms with van der Waals surface area (Å²) in [6, 6.07) is 8.75. The first-order valence-corrected chi connectivity index (χ1v) is 10.8. The molecule has 1 aromatic heterocycles. The predicted molar refractivity (Wildman–Crippen MR) is 112 cm³/mol. The van der Waals surface area contributed by atoms with E-state index in [1.54, 1.807) is 0 Å². The van der Waals surface area contributed by atoms with Crippen molar-refractivity contribution in [2.24, 2.45) is 5.92 Å². The predicted octanol–water partition coefficient (Wildman–Crippen LogP) is 2.41. The van der Waals surface area contributed by atoms with Crippen molar-refractivity contribution in [3.8, 4) is 0 Å². The Hall–Kier alpha value is -1.92. The summed E-state index contributed by atoms with van der Waals surface area (Å²) in [5.74, 6) is 3.22. The smallest absolute Gasteiger partial charge is 0.226 e. The number of nitrogens with zero attached hydrogens (tertiary/aromatic N) is 4. The molecular weight excluding hydrogens is 386 g/mol. The lowest BCUT2D eigenvalue weighted by molar-refractivity contribution is -0.134. The zero-order chi connectivity index (χ0) is 18.7. The molecule has 1 amide bonds. The number of nitrogens with one attached hydrogen (secondary N) is 1. The average molecular weight is 414 g/mol. The Morgan fingerprint density at radius 3 is 2.83 bits per heavy atom. The fourth-order valence-electron chi connectivity index (χ4n) is 5.91. The summed E-state index contributed by atoms with van der Waals surface area (Å²) in [4.78, 5) is 15.4. The third-order valence-corrected chi connectivity index (χ3v) is 7.59. The number of carbonyl (C=O) groups is 1. The van der Waals surface area contributed by atoms with Gasteiger partial charge in [-0.1, -0.05) is 24.3 Å². The maximum absolute atomic E-state index is 13.2. The molecule has 1 saturated carbocycles. The Labute approximate surface area is 177 Å². The summed E-state index contributed by atoms with van der Waals surface area (Å²) in [5, 5.41) is 12.2. The first-order valence-electron chi connectivity index (χ1n) is 10.8. The number of rotatable bonds is 2. The Kier molecular flexibility index (Phi) is 4.67. The molecule has 0 bridgehead atoms. The van der Waals surface area contributed by atoms with Crippen molar-refractivity contribution in [1.82, 2.24) is 25.0 Å². The lowest BCUT2D eigenvalue weighted by Gasteiger charge is -2.32. The van der Waals surface area contributed by atoms with E-state index in [1.807, 2.05) is 0 Å². The van der Waals surface area contributed by atoms with Crippen molar-refractivity contribution in [2.45, 2.75) is 56.5 Å². The highest BCUT2D eigenvalue weighted by Crippen LogP contribution is 2.62. The number of hydrogen-bond acceptors (Lipinski definition) is 4. The van der Waals surface area contributed by atoms with Crippen LogP contribution in [0.5, 0.6) is 0 Å². The highest BCUT2D eigenvalue weighted by atomic mass is 35.5. The summed E-state index contributed by atoms with van der Waals surface area (Å²) in [6.45, 7) is 4.48. The van der Waals surface area contributed by atoms with Gasteiger partial charge in [0.25, 0.3) is 0 Å². The molecule has 6 nitrogen and oxygen atoms in total. The summed E-state index contributed by atoms with van der Waals surface area (Å²) in [5.41, 5.74) is 3.07. The average Bonchev–Trinajstić information content (AvgIpc) is 3.13. The van der Waals surface area contributed by atoms with Gasteiger partial charge in [-0.3, -0.25) is 4.79 Å². The van der Waals surface area contributed by atoms with Gasteiger partial charge in [-0.05, 0) is 43.2 Å². The van der Waals surface area contributed by atoms with Crippen molar-refractivity contribution in [3.05, 3.63) is 47.0 Å². The molecule has 2 aromatic rings. The van der Waals surface area contributed by atoms with Crippen LogP contribution in [-0.4, -0.2) is 45.2 Å². The fourth-order valence-corrected chi connectivity index (χ4v) is 5.91. The van der Waals surface area contributed by atoms with E-state index in [-0.39, 0.29) is 23.7 Å². The van der Waals surface area contributed by atoms with Gasteiger partial charge in [0.15, 0.2) is 0 Å². The van der Waals surface area contributed by atoms with Crippen LogP contribution in [-0.2, 0) is 29.7 Å². The van der Waals surface area contributed by atoms with E-state index < -0.39 is 0 Å². The SMILES string of the molecule is Cl.O=C(C1CC12CCc1ccccc12)N1CCC(c2nnc3n2CCNC3)CC1. The molecule has 1 aromatic carbocycles. The number of aromatic nitrogens is 3. The molecule has 154 valence electrons. The van der Waals surface area contributed by atoms with Crippen molar-refractivity contribution in [2.75, 3.05) is 19.6 Å². The molecule has 3 heterocycles. The highest BCUT2D eigenvalue weighted by molar-refractivity contribution is 5.85. The minimum atomic E-state index is 0. The molecule has 1 spiro atoms. The molecule has 7 heteroatoms. The third kappa shape index (κ3) is 2.91. The topological polar surface area (TPSA) is 63.1 Å². The van der Waals surface area contributed by atoms with E-state index >= 15 is 0 Å². The van der Waals surface area contributed by atoms with Crippen molar-refractivity contribution < 1.29 is 4.79 Å². The highest BCUT2D eigenvalue weighted by Gasteiger charge is 2.62. The molecule has 2 aliphatic carbocycles. The van der Waals surface area contributed by atoms with Gasteiger partial charge in [0.1, 0.15) is 11.6 Å². The summed E-state index contributed by atoms with van der Waals surface area (Å²) in [6.07, 6.45) is 5.35. The van der Waals surface area contributed by atoms with Gasteiger partial charge in [0.05, 0.1) is 6.54 Å². The lowest BCUT2D eigenvalue weighted by atomic mass is 9.93. The molecule has 0 radical (unpaired) electrons. The van der Waals surface area contributed by atoms with E-state index in [0.29, 0.717) is 11.8 Å². The van der Waals surface area contributed by atoms with E-state index in [4.69, 9.17) is 0 Å². The molecule has 29 heavy (non-hydrogen) atoms. The van der Waals surface area contributed by atoms with Gasteiger partial charge in [-0.25, -0.2) is 0 Å². The summed E-state index contributed by atoms with van der Waals surface area (Å²) >= 11 is 0. The first kappa shape index (κ1) is 19.1. The number of benzene rings is 1. The number of likely N-dealkylation sites (tertiary alicyclic amines) is 1. The summed E-state index contributed by atoms with van der Waals surface area (Å²) < 4.78 is 2.30. The summed E-state index contributed by atoms with van der Waals surface area (Å²) in [7, 11) is 0. The molecule has 2 fully saturated rings. The zero-order valence-corrected chi connectivity index (χ0v) is 17.5. The second-order valence-corrected chi connectivity index (χ2v) is 8.97. The molecule has 2 unspecified atom stereocenters. The van der Waals surface area contributed by atoms with E-state index in [0.717, 1.165) is 76.5 Å². The fraction of sp³-hybridized carbons (Fsp3) is 0.591. The number of hydrogen-bond donors (Lipinski definition) is 1. The number of fused-ring (bicyclic) bond motifs is 3. The quantitative estimate of drug-likeness (QED) is 0.821. The molecule has 2 atom stereocenters. The second-order valence-electron chi connectivity index (χ2n) is 8.97. The number of halogens is 1. The van der Waals surface area contributed by atoms with E-state index in [9.17, 15) is 4.79 Å². The maximum atomic E-state index is 13.2. The Morgan fingerprint density at radius 2 is 1.97 bits per heavy atom. The third-order valence-electron chi connectivity index (χ3n) is 7.59. The molecule has 2 aliphatic heterocycles. The number of carbonyl (C=O) groups excluding carboxylic acids is 1. The van der Waals surface area contributed by atoms with Crippen LogP contribution in [0, 0.1) is 5.92 Å². The maximum Gasteiger partial charge on any atom is 0.226 e. The largest absolute Gasteiger partial charge is 0.342 e. The second kappa shape index (κ2) is 7.10. The van der Waals surface area contributed by atoms with Gasteiger partial charge < -0.3 is 14.8 Å². The number of amides is 1. The molecule has 1 saturated heterocycles. The minimum Gasteiger partial charge on any atom is -0.342 e. The normalized spacial score (nSPS) is 28.0. The molecule has 6 rings (SSSR count). The van der Waals surface area contributed by atoms with Crippen LogP contribution in [0.2, 0.25) is 0 Å². The van der Waals surface area contributed by atoms with Crippen LogP contribution in [0.3, 0.4) is 0 Å². The Morgan fingerprint density at radius 1 is 1.14 bits per heavy atom. The Bertz CT molecular complexity index is 935. The standard InChI is InChI=1S/C22H27N5O.ClH/c28-21(18-13-22(18)8-5-15-3-1-2-4-17(15)22)26-10-6-16(7-11-26)20-25-24-19-14-23-9-12-27(19)20;/h1-4,16,18,23H,5-14H2;1H. The Balaban J connectivity index is 0.00000181. The van der Waals surface area contributed by atoms with Gasteiger partial charge in [-0.15, -0.1) is 22.6 Å². The lowest BCUT2D eigenvalue weighted by Crippen LogP contribution is -2.40. The molecular formula is C22H28ClN5O. The van der Waals surface area contributed by atoms with Crippen LogP contribution in [0.1, 0.15) is 54.4 Å². The molecule has 1 N–H and O–H groups in total.